The zero-order chi connectivity index (χ0) is 16.2. The van der Waals surface area contributed by atoms with E-state index in [4.69, 9.17) is 4.74 Å². The van der Waals surface area contributed by atoms with E-state index in [9.17, 15) is 9.59 Å². The lowest BCUT2D eigenvalue weighted by Gasteiger charge is -2.26. The van der Waals surface area contributed by atoms with Gasteiger partial charge in [0.1, 0.15) is 0 Å². The van der Waals surface area contributed by atoms with Crippen LogP contribution in [0, 0.1) is 0 Å². The number of carbonyl (C=O) groups excluding carboxylic acids is 2. The molecule has 0 saturated carbocycles. The van der Waals surface area contributed by atoms with Gasteiger partial charge in [-0.25, -0.2) is 0 Å². The molecule has 0 aromatic heterocycles. The molecule has 2 heterocycles. The summed E-state index contributed by atoms with van der Waals surface area (Å²) >= 11 is 1.27. The molecule has 0 bridgehead atoms. The van der Waals surface area contributed by atoms with E-state index in [1.807, 2.05) is 12.1 Å². The molecule has 1 aromatic rings. The fourth-order valence-electron chi connectivity index (χ4n) is 3.04. The molecule has 2 aliphatic rings. The van der Waals surface area contributed by atoms with Gasteiger partial charge in [0.05, 0.1) is 13.2 Å². The SMILES string of the molecule is CC(=O)SC1CC(=O)N(c2ccc(CN3CCOCC3)cc2)C1. The summed E-state index contributed by atoms with van der Waals surface area (Å²) in [7, 11) is 0. The van der Waals surface area contributed by atoms with Crippen molar-refractivity contribution in [1.29, 1.82) is 0 Å². The van der Waals surface area contributed by atoms with Crippen LogP contribution in [0.4, 0.5) is 5.69 Å². The Balaban J connectivity index is 1.60. The molecule has 2 aliphatic heterocycles. The molecule has 1 unspecified atom stereocenters. The van der Waals surface area contributed by atoms with Crippen LogP contribution in [0.25, 0.3) is 0 Å². The highest BCUT2D eigenvalue weighted by atomic mass is 32.2. The van der Waals surface area contributed by atoms with E-state index in [0.29, 0.717) is 13.0 Å². The quantitative estimate of drug-likeness (QED) is 0.842. The van der Waals surface area contributed by atoms with Crippen LogP contribution in [-0.2, 0) is 20.9 Å². The second kappa shape index (κ2) is 7.47. The molecule has 0 aliphatic carbocycles. The van der Waals surface area contributed by atoms with E-state index >= 15 is 0 Å². The summed E-state index contributed by atoms with van der Waals surface area (Å²) < 4.78 is 5.36. The first-order chi connectivity index (χ1) is 11.1. The van der Waals surface area contributed by atoms with Crippen molar-refractivity contribution in [1.82, 2.24) is 4.90 Å². The number of thioether (sulfide) groups is 1. The Morgan fingerprint density at radius 1 is 1.26 bits per heavy atom. The molecule has 3 rings (SSSR count). The molecule has 0 spiro atoms. The Morgan fingerprint density at radius 3 is 2.61 bits per heavy atom. The minimum Gasteiger partial charge on any atom is -0.379 e. The van der Waals surface area contributed by atoms with E-state index in [2.05, 4.69) is 17.0 Å². The number of carbonyl (C=O) groups is 2. The predicted molar refractivity (Wildman–Crippen MR) is 91.6 cm³/mol. The van der Waals surface area contributed by atoms with Gasteiger partial charge in [-0.2, -0.15) is 0 Å². The molecule has 1 aromatic carbocycles. The van der Waals surface area contributed by atoms with Gasteiger partial charge in [0.2, 0.25) is 5.91 Å². The second-order valence-electron chi connectivity index (χ2n) is 5.99. The number of rotatable bonds is 4. The van der Waals surface area contributed by atoms with Gasteiger partial charge in [-0.15, -0.1) is 0 Å². The van der Waals surface area contributed by atoms with E-state index < -0.39 is 0 Å². The average molecular weight is 334 g/mol. The highest BCUT2D eigenvalue weighted by Crippen LogP contribution is 2.28. The Labute approximate surface area is 141 Å². The number of ether oxygens (including phenoxy) is 1. The molecule has 1 atom stereocenters. The third kappa shape index (κ3) is 4.34. The zero-order valence-electron chi connectivity index (χ0n) is 13.4. The fraction of sp³-hybridized carbons (Fsp3) is 0.529. The number of nitrogens with zero attached hydrogens (tertiary/aromatic N) is 2. The molecule has 2 fully saturated rings. The molecule has 0 N–H and O–H groups in total. The molecular weight excluding hydrogens is 312 g/mol. The number of benzene rings is 1. The van der Waals surface area contributed by atoms with Crippen molar-refractivity contribution in [3.05, 3.63) is 29.8 Å². The molecule has 0 radical (unpaired) electrons. The Morgan fingerprint density at radius 2 is 1.96 bits per heavy atom. The molecule has 5 nitrogen and oxygen atoms in total. The fourth-order valence-corrected chi connectivity index (χ4v) is 3.96. The van der Waals surface area contributed by atoms with Crippen LogP contribution in [0.3, 0.4) is 0 Å². The molecule has 1 amide bonds. The van der Waals surface area contributed by atoms with Gasteiger partial charge in [-0.1, -0.05) is 23.9 Å². The predicted octanol–water partition coefficient (Wildman–Crippen LogP) is 1.90. The molecule has 23 heavy (non-hydrogen) atoms. The minimum absolute atomic E-state index is 0.0745. The number of hydrogen-bond donors (Lipinski definition) is 0. The number of amides is 1. The summed E-state index contributed by atoms with van der Waals surface area (Å²) in [6, 6.07) is 8.19. The van der Waals surface area contributed by atoms with Gasteiger partial charge in [0, 0.05) is 50.5 Å². The standard InChI is InChI=1S/C17H22N2O3S/c1-13(20)23-16-10-17(21)19(12-16)15-4-2-14(3-5-15)11-18-6-8-22-9-7-18/h2-5,16H,6-12H2,1H3. The van der Waals surface area contributed by atoms with Crippen LogP contribution >= 0.6 is 11.8 Å². The topological polar surface area (TPSA) is 49.9 Å². The van der Waals surface area contributed by atoms with E-state index in [1.165, 1.54) is 17.3 Å². The van der Waals surface area contributed by atoms with Crippen LogP contribution in [0.15, 0.2) is 24.3 Å². The smallest absolute Gasteiger partial charge is 0.228 e. The third-order valence-corrected chi connectivity index (χ3v) is 5.16. The largest absolute Gasteiger partial charge is 0.379 e. The first kappa shape index (κ1) is 16.5. The van der Waals surface area contributed by atoms with E-state index in [0.717, 1.165) is 38.5 Å². The van der Waals surface area contributed by atoms with E-state index in [-0.39, 0.29) is 16.3 Å². The van der Waals surface area contributed by atoms with Gasteiger partial charge in [0.25, 0.3) is 0 Å². The lowest BCUT2D eigenvalue weighted by Crippen LogP contribution is -2.35. The highest BCUT2D eigenvalue weighted by molar-refractivity contribution is 8.14. The molecular formula is C17H22N2O3S. The van der Waals surface area contributed by atoms with Crippen molar-refractivity contribution in [3.8, 4) is 0 Å². The zero-order valence-corrected chi connectivity index (χ0v) is 14.2. The maximum atomic E-state index is 12.1. The third-order valence-electron chi connectivity index (χ3n) is 4.18. The van der Waals surface area contributed by atoms with Crippen LogP contribution < -0.4 is 4.90 Å². The summed E-state index contributed by atoms with van der Waals surface area (Å²) in [5.74, 6) is 0.102. The van der Waals surface area contributed by atoms with Crippen LogP contribution in [0.5, 0.6) is 0 Å². The Bertz CT molecular complexity index is 570. The normalized spacial score (nSPS) is 22.6. The monoisotopic (exact) mass is 334 g/mol. The van der Waals surface area contributed by atoms with Crippen molar-refractivity contribution in [2.24, 2.45) is 0 Å². The van der Waals surface area contributed by atoms with Crippen molar-refractivity contribution >= 4 is 28.5 Å². The van der Waals surface area contributed by atoms with E-state index in [1.54, 1.807) is 11.8 Å². The molecule has 2 saturated heterocycles. The number of hydrogen-bond acceptors (Lipinski definition) is 5. The highest BCUT2D eigenvalue weighted by Gasteiger charge is 2.31. The van der Waals surface area contributed by atoms with Gasteiger partial charge >= 0.3 is 0 Å². The summed E-state index contributed by atoms with van der Waals surface area (Å²) in [6.07, 6.45) is 0.444. The summed E-state index contributed by atoms with van der Waals surface area (Å²) in [6.45, 7) is 6.63. The maximum Gasteiger partial charge on any atom is 0.228 e. The first-order valence-electron chi connectivity index (χ1n) is 7.98. The van der Waals surface area contributed by atoms with Crippen LogP contribution in [0.2, 0.25) is 0 Å². The Kier molecular flexibility index (Phi) is 5.35. The van der Waals surface area contributed by atoms with Crippen molar-refractivity contribution in [2.45, 2.75) is 25.1 Å². The molecule has 124 valence electrons. The minimum atomic E-state index is 0.0745. The first-order valence-corrected chi connectivity index (χ1v) is 8.86. The lowest BCUT2D eigenvalue weighted by molar-refractivity contribution is -0.117. The summed E-state index contributed by atoms with van der Waals surface area (Å²) in [5, 5.41) is 0.151. The van der Waals surface area contributed by atoms with Crippen molar-refractivity contribution in [2.75, 3.05) is 37.7 Å². The van der Waals surface area contributed by atoms with Crippen molar-refractivity contribution in [3.63, 3.8) is 0 Å². The van der Waals surface area contributed by atoms with Gasteiger partial charge in [-0.05, 0) is 17.7 Å². The lowest BCUT2D eigenvalue weighted by atomic mass is 10.2. The summed E-state index contributed by atoms with van der Waals surface area (Å²) in [4.78, 5) is 27.5. The Hall–Kier alpha value is -1.37. The maximum absolute atomic E-state index is 12.1. The van der Waals surface area contributed by atoms with Crippen molar-refractivity contribution < 1.29 is 14.3 Å². The number of morpholine rings is 1. The second-order valence-corrected chi connectivity index (χ2v) is 7.47. The average Bonchev–Trinajstić information content (AvgIpc) is 2.89. The summed E-state index contributed by atoms with van der Waals surface area (Å²) in [5.41, 5.74) is 2.17. The van der Waals surface area contributed by atoms with Crippen LogP contribution in [0.1, 0.15) is 18.9 Å². The van der Waals surface area contributed by atoms with Gasteiger partial charge < -0.3 is 9.64 Å². The van der Waals surface area contributed by atoms with Crippen LogP contribution in [-0.4, -0.2) is 54.0 Å². The van der Waals surface area contributed by atoms with Gasteiger partial charge in [-0.3, -0.25) is 14.5 Å². The number of anilines is 1. The molecule has 6 heteroatoms. The van der Waals surface area contributed by atoms with Gasteiger partial charge in [0.15, 0.2) is 5.12 Å².